The number of aryl methyl sites for hydroxylation is 2. The SMILES string of the molecule is Cc1csc(CCCC(=O)N2CCN(S(N)(=O)=O)CC2)n1. The highest BCUT2D eigenvalue weighted by Gasteiger charge is 2.26. The lowest BCUT2D eigenvalue weighted by molar-refractivity contribution is -0.132. The van der Waals surface area contributed by atoms with Crippen LogP contribution in [0.2, 0.25) is 0 Å². The quantitative estimate of drug-likeness (QED) is 0.828. The number of hydrogen-bond acceptors (Lipinski definition) is 5. The van der Waals surface area contributed by atoms with Crippen molar-refractivity contribution in [1.29, 1.82) is 0 Å². The van der Waals surface area contributed by atoms with Crippen molar-refractivity contribution in [3.8, 4) is 0 Å². The molecule has 2 heterocycles. The fraction of sp³-hybridized carbons (Fsp3) is 0.667. The van der Waals surface area contributed by atoms with E-state index in [1.165, 1.54) is 4.31 Å². The molecule has 9 heteroatoms. The molecule has 1 amide bonds. The Morgan fingerprint density at radius 2 is 2.05 bits per heavy atom. The Kier molecular flexibility index (Phi) is 5.31. The summed E-state index contributed by atoms with van der Waals surface area (Å²) in [6.07, 6.45) is 2.04. The van der Waals surface area contributed by atoms with Crippen LogP contribution in [0.15, 0.2) is 5.38 Å². The highest BCUT2D eigenvalue weighted by Crippen LogP contribution is 2.13. The van der Waals surface area contributed by atoms with E-state index in [4.69, 9.17) is 5.14 Å². The van der Waals surface area contributed by atoms with Crippen LogP contribution in [-0.2, 0) is 21.4 Å². The van der Waals surface area contributed by atoms with Crippen molar-refractivity contribution >= 4 is 27.5 Å². The molecule has 1 aliphatic rings. The fourth-order valence-corrected chi connectivity index (χ4v) is 3.75. The van der Waals surface area contributed by atoms with Crippen molar-refractivity contribution in [2.75, 3.05) is 26.2 Å². The maximum atomic E-state index is 12.1. The van der Waals surface area contributed by atoms with Crippen molar-refractivity contribution in [2.24, 2.45) is 5.14 Å². The number of amides is 1. The minimum absolute atomic E-state index is 0.0670. The minimum atomic E-state index is -3.64. The van der Waals surface area contributed by atoms with Gasteiger partial charge in [0, 0.05) is 43.7 Å². The van der Waals surface area contributed by atoms with Crippen LogP contribution in [0.25, 0.3) is 0 Å². The fourth-order valence-electron chi connectivity index (χ4n) is 2.26. The number of carbonyl (C=O) groups excluding carboxylic acids is 1. The van der Waals surface area contributed by atoms with Crippen LogP contribution in [0, 0.1) is 6.92 Å². The van der Waals surface area contributed by atoms with Gasteiger partial charge in [0.25, 0.3) is 10.2 Å². The number of hydrogen-bond donors (Lipinski definition) is 1. The molecule has 7 nitrogen and oxygen atoms in total. The van der Waals surface area contributed by atoms with E-state index in [0.717, 1.165) is 23.5 Å². The Hall–Kier alpha value is -1.03. The second-order valence-electron chi connectivity index (χ2n) is 5.06. The Bertz CT molecular complexity index is 591. The van der Waals surface area contributed by atoms with E-state index < -0.39 is 10.2 Å². The van der Waals surface area contributed by atoms with Crippen LogP contribution in [0.1, 0.15) is 23.5 Å². The maximum Gasteiger partial charge on any atom is 0.277 e. The van der Waals surface area contributed by atoms with E-state index in [0.29, 0.717) is 19.5 Å². The average Bonchev–Trinajstić information content (AvgIpc) is 2.83. The molecule has 0 saturated carbocycles. The highest BCUT2D eigenvalue weighted by molar-refractivity contribution is 7.86. The Morgan fingerprint density at radius 1 is 1.38 bits per heavy atom. The van der Waals surface area contributed by atoms with Gasteiger partial charge in [0.2, 0.25) is 5.91 Å². The van der Waals surface area contributed by atoms with E-state index in [9.17, 15) is 13.2 Å². The van der Waals surface area contributed by atoms with Crippen LogP contribution in [0.3, 0.4) is 0 Å². The Labute approximate surface area is 128 Å². The molecule has 0 spiro atoms. The molecule has 1 saturated heterocycles. The molecule has 0 unspecified atom stereocenters. The third-order valence-corrected chi connectivity index (χ3v) is 5.51. The zero-order valence-corrected chi connectivity index (χ0v) is 13.6. The minimum Gasteiger partial charge on any atom is -0.340 e. The first-order valence-corrected chi connectivity index (χ1v) is 9.21. The lowest BCUT2D eigenvalue weighted by Crippen LogP contribution is -2.52. The summed E-state index contributed by atoms with van der Waals surface area (Å²) in [6.45, 7) is 3.32. The molecule has 0 aromatic carbocycles. The second-order valence-corrected chi connectivity index (χ2v) is 7.55. The number of nitrogens with zero attached hydrogens (tertiary/aromatic N) is 3. The Balaban J connectivity index is 1.72. The van der Waals surface area contributed by atoms with Gasteiger partial charge in [0.1, 0.15) is 0 Å². The molecule has 0 atom stereocenters. The van der Waals surface area contributed by atoms with E-state index in [-0.39, 0.29) is 19.0 Å². The monoisotopic (exact) mass is 332 g/mol. The van der Waals surface area contributed by atoms with Crippen molar-refractivity contribution in [3.63, 3.8) is 0 Å². The first-order valence-electron chi connectivity index (χ1n) is 6.83. The largest absolute Gasteiger partial charge is 0.340 e. The number of thiazole rings is 1. The first-order chi connectivity index (χ1) is 9.86. The van der Waals surface area contributed by atoms with E-state index in [2.05, 4.69) is 4.98 Å². The molecule has 0 radical (unpaired) electrons. The van der Waals surface area contributed by atoms with Gasteiger partial charge in [0.15, 0.2) is 0 Å². The zero-order chi connectivity index (χ0) is 15.5. The number of carbonyl (C=O) groups is 1. The topological polar surface area (TPSA) is 96.6 Å². The molecule has 1 fully saturated rings. The number of rotatable bonds is 5. The summed E-state index contributed by atoms with van der Waals surface area (Å²) >= 11 is 1.62. The van der Waals surface area contributed by atoms with Gasteiger partial charge in [-0.05, 0) is 19.8 Å². The number of piperazine rings is 1. The Morgan fingerprint density at radius 3 is 2.57 bits per heavy atom. The molecule has 1 aliphatic heterocycles. The van der Waals surface area contributed by atoms with Crippen LogP contribution in [0.5, 0.6) is 0 Å². The standard InChI is InChI=1S/C12H20N4O3S2/c1-10-9-20-11(14-10)3-2-4-12(17)15-5-7-16(8-6-15)21(13,18)19/h9H,2-8H2,1H3,(H2,13,18,19). The summed E-state index contributed by atoms with van der Waals surface area (Å²) in [5.74, 6) is 0.0670. The van der Waals surface area contributed by atoms with Gasteiger partial charge in [-0.1, -0.05) is 0 Å². The first kappa shape index (κ1) is 16.3. The van der Waals surface area contributed by atoms with Gasteiger partial charge in [-0.25, -0.2) is 10.1 Å². The summed E-state index contributed by atoms with van der Waals surface area (Å²) in [4.78, 5) is 18.1. The summed E-state index contributed by atoms with van der Waals surface area (Å²) in [5.41, 5.74) is 1.01. The van der Waals surface area contributed by atoms with Crippen molar-refractivity contribution < 1.29 is 13.2 Å². The van der Waals surface area contributed by atoms with Crippen LogP contribution in [-0.4, -0.2) is 54.7 Å². The van der Waals surface area contributed by atoms with Crippen LogP contribution in [0.4, 0.5) is 0 Å². The third-order valence-electron chi connectivity index (χ3n) is 3.40. The summed E-state index contributed by atoms with van der Waals surface area (Å²) in [7, 11) is -3.64. The lowest BCUT2D eigenvalue weighted by atomic mass is 10.2. The predicted octanol–water partition coefficient (Wildman–Crippen LogP) is 0.122. The lowest BCUT2D eigenvalue weighted by Gasteiger charge is -2.33. The predicted molar refractivity (Wildman–Crippen MR) is 81.0 cm³/mol. The molecule has 0 bridgehead atoms. The highest BCUT2D eigenvalue weighted by atomic mass is 32.2. The summed E-state index contributed by atoms with van der Waals surface area (Å²) in [6, 6.07) is 0. The van der Waals surface area contributed by atoms with E-state index in [1.54, 1.807) is 16.2 Å². The molecule has 0 aliphatic carbocycles. The molecule has 21 heavy (non-hydrogen) atoms. The third kappa shape index (κ3) is 4.73. The maximum absolute atomic E-state index is 12.1. The van der Waals surface area contributed by atoms with Crippen molar-refractivity contribution in [3.05, 3.63) is 16.1 Å². The van der Waals surface area contributed by atoms with E-state index in [1.807, 2.05) is 12.3 Å². The average molecular weight is 332 g/mol. The van der Waals surface area contributed by atoms with Gasteiger partial charge in [-0.2, -0.15) is 12.7 Å². The van der Waals surface area contributed by atoms with Gasteiger partial charge in [-0.15, -0.1) is 11.3 Å². The molecule has 1 aromatic heterocycles. The van der Waals surface area contributed by atoms with Crippen LogP contribution >= 0.6 is 11.3 Å². The smallest absolute Gasteiger partial charge is 0.277 e. The summed E-state index contributed by atoms with van der Waals surface area (Å²) < 4.78 is 23.6. The van der Waals surface area contributed by atoms with Gasteiger partial charge in [-0.3, -0.25) is 4.79 Å². The molecular formula is C12H20N4O3S2. The number of nitrogens with two attached hydrogens (primary N) is 1. The molecule has 118 valence electrons. The summed E-state index contributed by atoms with van der Waals surface area (Å²) in [5, 5.41) is 8.13. The van der Waals surface area contributed by atoms with Gasteiger partial charge < -0.3 is 4.90 Å². The molecule has 1 aromatic rings. The number of aromatic nitrogens is 1. The molecule has 2 rings (SSSR count). The van der Waals surface area contributed by atoms with Crippen molar-refractivity contribution in [2.45, 2.75) is 26.2 Å². The van der Waals surface area contributed by atoms with Crippen LogP contribution < -0.4 is 5.14 Å². The normalized spacial score (nSPS) is 17.1. The second kappa shape index (κ2) is 6.82. The van der Waals surface area contributed by atoms with Crippen molar-refractivity contribution in [1.82, 2.24) is 14.2 Å². The molecular weight excluding hydrogens is 312 g/mol. The molecule has 2 N–H and O–H groups in total. The van der Waals surface area contributed by atoms with E-state index >= 15 is 0 Å². The van der Waals surface area contributed by atoms with Gasteiger partial charge >= 0.3 is 0 Å². The van der Waals surface area contributed by atoms with Gasteiger partial charge in [0.05, 0.1) is 5.01 Å². The zero-order valence-electron chi connectivity index (χ0n) is 12.0.